The van der Waals surface area contributed by atoms with Gasteiger partial charge < -0.3 is 15.0 Å². The maximum atomic E-state index is 6.29. The molecule has 0 amide bonds. The number of rotatable bonds is 5. The van der Waals surface area contributed by atoms with E-state index in [1.165, 1.54) is 5.56 Å². The number of hydrogen-bond donors (Lipinski definition) is 1. The van der Waals surface area contributed by atoms with E-state index in [0.29, 0.717) is 0 Å². The van der Waals surface area contributed by atoms with Crippen LogP contribution in [0.3, 0.4) is 0 Å². The minimum Gasteiger partial charge on any atom is -0.496 e. The summed E-state index contributed by atoms with van der Waals surface area (Å²) in [6.07, 6.45) is 5.48. The molecule has 4 nitrogen and oxygen atoms in total. The average Bonchev–Trinajstić information content (AvgIpc) is 2.81. The Balaban J connectivity index is 2.09. The van der Waals surface area contributed by atoms with E-state index in [9.17, 15) is 0 Å². The van der Waals surface area contributed by atoms with E-state index in [1.54, 1.807) is 7.11 Å². The Morgan fingerprint density at radius 3 is 2.84 bits per heavy atom. The molecule has 1 aromatic carbocycles. The molecule has 0 bridgehead atoms. The van der Waals surface area contributed by atoms with Crippen LogP contribution >= 0.6 is 0 Å². The zero-order valence-electron chi connectivity index (χ0n) is 11.8. The van der Waals surface area contributed by atoms with Gasteiger partial charge in [-0.1, -0.05) is 17.7 Å². The maximum Gasteiger partial charge on any atom is 0.123 e. The van der Waals surface area contributed by atoms with Gasteiger partial charge in [-0.25, -0.2) is 4.98 Å². The molecule has 0 saturated heterocycles. The topological polar surface area (TPSA) is 53.1 Å². The normalized spacial score (nSPS) is 12.4. The number of methoxy groups -OCH3 is 1. The summed E-state index contributed by atoms with van der Waals surface area (Å²) in [5.41, 5.74) is 8.55. The second-order valence-electron chi connectivity index (χ2n) is 4.84. The van der Waals surface area contributed by atoms with Gasteiger partial charge in [0.15, 0.2) is 0 Å². The van der Waals surface area contributed by atoms with Gasteiger partial charge in [0.25, 0.3) is 0 Å². The van der Waals surface area contributed by atoms with Crippen molar-refractivity contribution in [3.05, 3.63) is 47.5 Å². The number of hydrogen-bond acceptors (Lipinski definition) is 3. The highest BCUT2D eigenvalue weighted by molar-refractivity contribution is 5.39. The zero-order valence-corrected chi connectivity index (χ0v) is 11.8. The molecular weight excluding hydrogens is 238 g/mol. The Labute approximate surface area is 114 Å². The van der Waals surface area contributed by atoms with Crippen LogP contribution in [0.2, 0.25) is 0 Å². The summed E-state index contributed by atoms with van der Waals surface area (Å²) in [5, 5.41) is 0. The molecule has 4 heteroatoms. The molecule has 1 heterocycles. The molecule has 0 aliphatic rings. The maximum absolute atomic E-state index is 6.29. The van der Waals surface area contributed by atoms with Crippen LogP contribution in [0.4, 0.5) is 0 Å². The van der Waals surface area contributed by atoms with Crippen molar-refractivity contribution in [2.75, 3.05) is 7.11 Å². The van der Waals surface area contributed by atoms with E-state index in [-0.39, 0.29) is 6.04 Å². The predicted octanol–water partition coefficient (Wildman–Crippen LogP) is 2.37. The summed E-state index contributed by atoms with van der Waals surface area (Å²) in [7, 11) is 3.68. The Morgan fingerprint density at radius 1 is 1.42 bits per heavy atom. The Kier molecular flexibility index (Phi) is 4.22. The van der Waals surface area contributed by atoms with Crippen LogP contribution in [0.1, 0.15) is 29.4 Å². The Morgan fingerprint density at radius 2 is 2.21 bits per heavy atom. The molecular formula is C15H21N3O. The number of imidazole rings is 1. The first-order chi connectivity index (χ1) is 9.11. The lowest BCUT2D eigenvalue weighted by Crippen LogP contribution is -2.14. The molecule has 0 spiro atoms. The van der Waals surface area contributed by atoms with Gasteiger partial charge in [0.2, 0.25) is 0 Å². The smallest absolute Gasteiger partial charge is 0.123 e. The highest BCUT2D eigenvalue weighted by Gasteiger charge is 2.13. The van der Waals surface area contributed by atoms with Gasteiger partial charge in [-0.2, -0.15) is 0 Å². The first kappa shape index (κ1) is 13.6. The van der Waals surface area contributed by atoms with Gasteiger partial charge in [0.1, 0.15) is 11.6 Å². The zero-order chi connectivity index (χ0) is 13.8. The molecule has 0 aliphatic carbocycles. The van der Waals surface area contributed by atoms with Crippen molar-refractivity contribution in [2.45, 2.75) is 25.8 Å². The first-order valence-corrected chi connectivity index (χ1v) is 6.48. The minimum atomic E-state index is -0.0356. The fourth-order valence-electron chi connectivity index (χ4n) is 2.22. The van der Waals surface area contributed by atoms with Crippen LogP contribution in [0, 0.1) is 6.92 Å². The van der Waals surface area contributed by atoms with Crippen molar-refractivity contribution in [3.63, 3.8) is 0 Å². The summed E-state index contributed by atoms with van der Waals surface area (Å²) >= 11 is 0. The molecule has 1 atom stereocenters. The fourth-order valence-corrected chi connectivity index (χ4v) is 2.22. The number of aryl methyl sites for hydroxylation is 3. The second-order valence-corrected chi connectivity index (χ2v) is 4.84. The van der Waals surface area contributed by atoms with Gasteiger partial charge in [0, 0.05) is 37.5 Å². The molecule has 0 saturated carbocycles. The summed E-state index contributed by atoms with van der Waals surface area (Å²) in [6, 6.07) is 6.08. The molecule has 102 valence electrons. The monoisotopic (exact) mass is 259 g/mol. The van der Waals surface area contributed by atoms with Gasteiger partial charge in [0.05, 0.1) is 7.11 Å². The first-order valence-electron chi connectivity index (χ1n) is 6.48. The average molecular weight is 259 g/mol. The van der Waals surface area contributed by atoms with E-state index in [2.05, 4.69) is 18.0 Å². The molecule has 0 aliphatic heterocycles. The van der Waals surface area contributed by atoms with Gasteiger partial charge in [-0.15, -0.1) is 0 Å². The standard InChI is InChI=1S/C15H21N3O/c1-11-4-6-14(19-3)12(10-11)13(16)5-7-15-17-8-9-18(15)2/h4,6,8-10,13H,5,7,16H2,1-3H3. The Bertz CT molecular complexity index is 548. The molecule has 2 rings (SSSR count). The lowest BCUT2D eigenvalue weighted by atomic mass is 9.99. The van der Waals surface area contributed by atoms with E-state index >= 15 is 0 Å². The summed E-state index contributed by atoms with van der Waals surface area (Å²) in [6.45, 7) is 2.06. The molecule has 19 heavy (non-hydrogen) atoms. The molecule has 0 radical (unpaired) electrons. The van der Waals surface area contributed by atoms with E-state index in [4.69, 9.17) is 10.5 Å². The third-order valence-corrected chi connectivity index (χ3v) is 3.38. The minimum absolute atomic E-state index is 0.0356. The van der Waals surface area contributed by atoms with E-state index in [1.807, 2.05) is 36.1 Å². The number of benzene rings is 1. The van der Waals surface area contributed by atoms with Crippen LogP contribution in [-0.4, -0.2) is 16.7 Å². The lowest BCUT2D eigenvalue weighted by molar-refractivity contribution is 0.404. The van der Waals surface area contributed by atoms with Gasteiger partial charge >= 0.3 is 0 Å². The van der Waals surface area contributed by atoms with Crippen molar-refractivity contribution in [3.8, 4) is 5.75 Å². The van der Waals surface area contributed by atoms with Gasteiger partial charge in [-0.05, 0) is 19.4 Å². The Hall–Kier alpha value is -1.81. The van der Waals surface area contributed by atoms with Crippen molar-refractivity contribution in [1.82, 2.24) is 9.55 Å². The molecule has 1 unspecified atom stereocenters. The van der Waals surface area contributed by atoms with Crippen LogP contribution < -0.4 is 10.5 Å². The van der Waals surface area contributed by atoms with Gasteiger partial charge in [-0.3, -0.25) is 0 Å². The predicted molar refractivity (Wildman–Crippen MR) is 76.2 cm³/mol. The highest BCUT2D eigenvalue weighted by atomic mass is 16.5. The molecule has 2 aromatic rings. The number of nitrogens with zero attached hydrogens (tertiary/aromatic N) is 2. The van der Waals surface area contributed by atoms with Crippen molar-refractivity contribution in [2.24, 2.45) is 12.8 Å². The van der Waals surface area contributed by atoms with Crippen LogP contribution in [-0.2, 0) is 13.5 Å². The SMILES string of the molecule is COc1ccc(C)cc1C(N)CCc1nccn1C. The lowest BCUT2D eigenvalue weighted by Gasteiger charge is -2.16. The molecule has 2 N–H and O–H groups in total. The van der Waals surface area contributed by atoms with Crippen molar-refractivity contribution >= 4 is 0 Å². The van der Waals surface area contributed by atoms with Crippen LogP contribution in [0.15, 0.2) is 30.6 Å². The fraction of sp³-hybridized carbons (Fsp3) is 0.400. The van der Waals surface area contributed by atoms with Crippen molar-refractivity contribution in [1.29, 1.82) is 0 Å². The molecule has 0 fully saturated rings. The van der Waals surface area contributed by atoms with Crippen molar-refractivity contribution < 1.29 is 4.74 Å². The summed E-state index contributed by atoms with van der Waals surface area (Å²) in [5.74, 6) is 1.92. The quantitative estimate of drug-likeness (QED) is 0.897. The largest absolute Gasteiger partial charge is 0.496 e. The summed E-state index contributed by atoms with van der Waals surface area (Å²) in [4.78, 5) is 4.32. The van der Waals surface area contributed by atoms with Crippen LogP contribution in [0.5, 0.6) is 5.75 Å². The van der Waals surface area contributed by atoms with E-state index < -0.39 is 0 Å². The third-order valence-electron chi connectivity index (χ3n) is 3.38. The second kappa shape index (κ2) is 5.89. The highest BCUT2D eigenvalue weighted by Crippen LogP contribution is 2.27. The summed E-state index contributed by atoms with van der Waals surface area (Å²) < 4.78 is 7.41. The third kappa shape index (κ3) is 3.15. The number of ether oxygens (including phenoxy) is 1. The number of nitrogens with two attached hydrogens (primary N) is 1. The molecule has 1 aromatic heterocycles. The number of aromatic nitrogens is 2. The van der Waals surface area contributed by atoms with Crippen LogP contribution in [0.25, 0.3) is 0 Å². The van der Waals surface area contributed by atoms with E-state index in [0.717, 1.165) is 30.0 Å².